The van der Waals surface area contributed by atoms with Crippen LogP contribution < -0.4 is 19.5 Å². The van der Waals surface area contributed by atoms with Crippen molar-refractivity contribution in [1.29, 1.82) is 0 Å². The van der Waals surface area contributed by atoms with E-state index in [0.717, 1.165) is 4.90 Å². The van der Waals surface area contributed by atoms with E-state index >= 15 is 0 Å². The number of ether oxygens (including phenoxy) is 2. The van der Waals surface area contributed by atoms with Gasteiger partial charge >= 0.3 is 6.01 Å². The molecule has 7 nitrogen and oxygen atoms in total. The van der Waals surface area contributed by atoms with Crippen molar-refractivity contribution in [3.8, 4) is 11.9 Å². The third-order valence-corrected chi connectivity index (χ3v) is 3.67. The summed E-state index contributed by atoms with van der Waals surface area (Å²) in [5.41, 5.74) is 1.17. The lowest BCUT2D eigenvalue weighted by molar-refractivity contribution is -0.112. The van der Waals surface area contributed by atoms with Crippen molar-refractivity contribution >= 4 is 29.4 Å². The standard InChI is InChI=1S/C16H18N4O3S/c1-10(2)15(21)17-11-5-7-12(8-6-11)24-20-13-9-14(22-3)19-16(18-13)23-4/h5-9H,1H2,2-4H3,(H,17,21)(H,18,19,20). The van der Waals surface area contributed by atoms with Gasteiger partial charge in [-0.1, -0.05) is 6.58 Å². The van der Waals surface area contributed by atoms with Crippen molar-refractivity contribution < 1.29 is 14.3 Å². The molecule has 126 valence electrons. The monoisotopic (exact) mass is 346 g/mol. The minimum atomic E-state index is -0.200. The predicted octanol–water partition coefficient (Wildman–Crippen LogP) is 3.13. The van der Waals surface area contributed by atoms with Crippen LogP contribution >= 0.6 is 11.9 Å². The normalized spacial score (nSPS) is 9.96. The molecule has 0 spiro atoms. The number of hydrogen-bond acceptors (Lipinski definition) is 7. The quantitative estimate of drug-likeness (QED) is 0.588. The Labute approximate surface area is 144 Å². The highest BCUT2D eigenvalue weighted by Crippen LogP contribution is 2.24. The first-order chi connectivity index (χ1) is 11.5. The molecule has 0 saturated carbocycles. The fourth-order valence-electron chi connectivity index (χ4n) is 1.61. The number of benzene rings is 1. The second-order valence-electron chi connectivity index (χ2n) is 4.75. The summed E-state index contributed by atoms with van der Waals surface area (Å²) < 4.78 is 13.2. The Balaban J connectivity index is 1.99. The van der Waals surface area contributed by atoms with Crippen molar-refractivity contribution in [2.45, 2.75) is 11.8 Å². The highest BCUT2D eigenvalue weighted by atomic mass is 32.2. The van der Waals surface area contributed by atoms with E-state index in [4.69, 9.17) is 9.47 Å². The van der Waals surface area contributed by atoms with Crippen LogP contribution in [0.25, 0.3) is 0 Å². The van der Waals surface area contributed by atoms with Crippen LogP contribution in [-0.4, -0.2) is 30.1 Å². The average molecular weight is 346 g/mol. The van der Waals surface area contributed by atoms with E-state index in [9.17, 15) is 4.79 Å². The van der Waals surface area contributed by atoms with Gasteiger partial charge < -0.3 is 19.5 Å². The molecule has 24 heavy (non-hydrogen) atoms. The number of nitrogens with zero attached hydrogens (tertiary/aromatic N) is 2. The van der Waals surface area contributed by atoms with Gasteiger partial charge in [-0.05, 0) is 43.1 Å². The lowest BCUT2D eigenvalue weighted by atomic mass is 10.3. The van der Waals surface area contributed by atoms with E-state index in [1.807, 2.05) is 24.3 Å². The SMILES string of the molecule is C=C(C)C(=O)Nc1ccc(SNc2cc(OC)nc(OC)n2)cc1. The molecule has 0 atom stereocenters. The van der Waals surface area contributed by atoms with Gasteiger partial charge in [0.05, 0.1) is 14.2 Å². The maximum Gasteiger partial charge on any atom is 0.321 e. The summed E-state index contributed by atoms with van der Waals surface area (Å²) in [5.74, 6) is 0.764. The van der Waals surface area contributed by atoms with E-state index in [0.29, 0.717) is 23.0 Å². The summed E-state index contributed by atoms with van der Waals surface area (Å²) >= 11 is 1.36. The van der Waals surface area contributed by atoms with Crippen LogP contribution in [-0.2, 0) is 4.79 Å². The Bertz CT molecular complexity index is 712. The largest absolute Gasteiger partial charge is 0.481 e. The van der Waals surface area contributed by atoms with E-state index in [2.05, 4.69) is 26.6 Å². The minimum Gasteiger partial charge on any atom is -0.481 e. The number of anilines is 2. The van der Waals surface area contributed by atoms with Crippen molar-refractivity contribution in [1.82, 2.24) is 9.97 Å². The first-order valence-corrected chi connectivity index (χ1v) is 7.80. The van der Waals surface area contributed by atoms with Crippen LogP contribution in [0, 0.1) is 0 Å². The fourth-order valence-corrected chi connectivity index (χ4v) is 2.21. The molecule has 1 aromatic heterocycles. The van der Waals surface area contributed by atoms with Gasteiger partial charge in [-0.3, -0.25) is 4.79 Å². The summed E-state index contributed by atoms with van der Waals surface area (Å²) in [5, 5.41) is 2.75. The number of hydrogen-bond donors (Lipinski definition) is 2. The van der Waals surface area contributed by atoms with E-state index in [-0.39, 0.29) is 11.9 Å². The van der Waals surface area contributed by atoms with Gasteiger partial charge in [-0.25, -0.2) is 0 Å². The van der Waals surface area contributed by atoms with E-state index in [1.165, 1.54) is 26.2 Å². The van der Waals surface area contributed by atoms with E-state index in [1.54, 1.807) is 13.0 Å². The van der Waals surface area contributed by atoms with Crippen LogP contribution in [0.2, 0.25) is 0 Å². The van der Waals surface area contributed by atoms with Gasteiger partial charge in [0, 0.05) is 22.2 Å². The Kier molecular flexibility index (Phi) is 6.02. The van der Waals surface area contributed by atoms with Crippen LogP contribution in [0.4, 0.5) is 11.5 Å². The van der Waals surface area contributed by atoms with Gasteiger partial charge in [0.1, 0.15) is 5.82 Å². The second kappa shape index (κ2) is 8.21. The maximum absolute atomic E-state index is 11.6. The smallest absolute Gasteiger partial charge is 0.321 e. The van der Waals surface area contributed by atoms with Crippen LogP contribution in [0.1, 0.15) is 6.92 Å². The number of carbonyl (C=O) groups excluding carboxylic acids is 1. The molecule has 0 fully saturated rings. The molecule has 0 aliphatic rings. The molecule has 2 aromatic rings. The molecular weight excluding hydrogens is 328 g/mol. The average Bonchev–Trinajstić information content (AvgIpc) is 2.60. The molecule has 8 heteroatoms. The number of carbonyl (C=O) groups is 1. The molecule has 0 radical (unpaired) electrons. The fraction of sp³-hybridized carbons (Fsp3) is 0.188. The van der Waals surface area contributed by atoms with Crippen LogP contribution in [0.15, 0.2) is 47.4 Å². The third kappa shape index (κ3) is 4.88. The van der Waals surface area contributed by atoms with E-state index < -0.39 is 0 Å². The Morgan fingerprint density at radius 3 is 2.46 bits per heavy atom. The first kappa shape index (κ1) is 17.6. The van der Waals surface area contributed by atoms with Crippen molar-refractivity contribution in [3.63, 3.8) is 0 Å². The molecular formula is C16H18N4O3S. The molecule has 0 unspecified atom stereocenters. The highest BCUT2D eigenvalue weighted by molar-refractivity contribution is 8.00. The van der Waals surface area contributed by atoms with Gasteiger partial charge in [-0.15, -0.1) is 0 Å². The number of rotatable bonds is 7. The zero-order valence-electron chi connectivity index (χ0n) is 13.6. The molecule has 1 aromatic carbocycles. The summed E-state index contributed by atoms with van der Waals surface area (Å²) in [6, 6.07) is 9.26. The van der Waals surface area contributed by atoms with Crippen LogP contribution in [0.5, 0.6) is 11.9 Å². The predicted molar refractivity (Wildman–Crippen MR) is 94.5 cm³/mol. The van der Waals surface area contributed by atoms with Gasteiger partial charge in [0.25, 0.3) is 5.91 Å². The number of amides is 1. The summed E-state index contributed by atoms with van der Waals surface area (Å²) in [4.78, 5) is 20.7. The number of methoxy groups -OCH3 is 2. The number of aromatic nitrogens is 2. The van der Waals surface area contributed by atoms with Crippen molar-refractivity contribution in [2.75, 3.05) is 24.3 Å². The topological polar surface area (TPSA) is 85.4 Å². The zero-order chi connectivity index (χ0) is 17.5. The molecule has 1 amide bonds. The Morgan fingerprint density at radius 2 is 1.88 bits per heavy atom. The molecule has 0 saturated heterocycles. The summed E-state index contributed by atoms with van der Waals surface area (Å²) in [7, 11) is 3.01. The molecule has 2 N–H and O–H groups in total. The van der Waals surface area contributed by atoms with Crippen molar-refractivity contribution in [2.24, 2.45) is 0 Å². The van der Waals surface area contributed by atoms with Crippen molar-refractivity contribution in [3.05, 3.63) is 42.5 Å². The molecule has 1 heterocycles. The number of nitrogens with one attached hydrogen (secondary N) is 2. The van der Waals surface area contributed by atoms with Crippen LogP contribution in [0.3, 0.4) is 0 Å². The summed E-state index contributed by atoms with van der Waals surface area (Å²) in [6.07, 6.45) is 0. The highest BCUT2D eigenvalue weighted by Gasteiger charge is 2.06. The second-order valence-corrected chi connectivity index (χ2v) is 5.62. The zero-order valence-corrected chi connectivity index (χ0v) is 14.4. The molecule has 0 aliphatic heterocycles. The Morgan fingerprint density at radius 1 is 1.17 bits per heavy atom. The maximum atomic E-state index is 11.6. The lowest BCUT2D eigenvalue weighted by Gasteiger charge is -2.09. The van der Waals surface area contributed by atoms with Gasteiger partial charge in [0.2, 0.25) is 5.88 Å². The summed E-state index contributed by atoms with van der Waals surface area (Å²) in [6.45, 7) is 5.26. The lowest BCUT2D eigenvalue weighted by Crippen LogP contribution is -2.11. The molecule has 0 bridgehead atoms. The Hall–Kier alpha value is -2.74. The van der Waals surface area contributed by atoms with Gasteiger partial charge in [-0.2, -0.15) is 9.97 Å². The first-order valence-electron chi connectivity index (χ1n) is 6.98. The molecule has 2 rings (SSSR count). The van der Waals surface area contributed by atoms with Gasteiger partial charge in [0.15, 0.2) is 0 Å². The molecule has 0 aliphatic carbocycles. The third-order valence-electron chi connectivity index (χ3n) is 2.85. The minimum absolute atomic E-state index is 0.200.